The lowest BCUT2D eigenvalue weighted by atomic mass is 10.3. The largest absolute Gasteiger partial charge is 0.356 e. The highest BCUT2D eigenvalue weighted by molar-refractivity contribution is 7.89. The Morgan fingerprint density at radius 1 is 1.36 bits per heavy atom. The van der Waals surface area contributed by atoms with Crippen LogP contribution >= 0.6 is 0 Å². The van der Waals surface area contributed by atoms with Gasteiger partial charge in [0.05, 0.1) is 0 Å². The van der Waals surface area contributed by atoms with Crippen LogP contribution in [0.1, 0.15) is 29.8 Å². The van der Waals surface area contributed by atoms with Crippen LogP contribution < -0.4 is 5.32 Å². The van der Waals surface area contributed by atoms with Gasteiger partial charge in [0, 0.05) is 38.9 Å². The number of likely N-dealkylation sites (tertiary alicyclic amines) is 1. The van der Waals surface area contributed by atoms with Crippen molar-refractivity contribution in [1.82, 2.24) is 19.5 Å². The zero-order chi connectivity index (χ0) is 15.7. The van der Waals surface area contributed by atoms with Gasteiger partial charge in [0.1, 0.15) is 10.6 Å². The summed E-state index contributed by atoms with van der Waals surface area (Å²) < 4.78 is 26.7. The number of hydrogen-bond acceptors (Lipinski definition) is 4. The summed E-state index contributed by atoms with van der Waals surface area (Å²) >= 11 is 0. The predicted molar refractivity (Wildman–Crippen MR) is 82.2 cm³/mol. The maximum atomic E-state index is 12.6. The van der Waals surface area contributed by atoms with Crippen LogP contribution in [0.15, 0.2) is 17.2 Å². The van der Waals surface area contributed by atoms with E-state index in [-0.39, 0.29) is 16.8 Å². The van der Waals surface area contributed by atoms with Crippen molar-refractivity contribution < 1.29 is 13.2 Å². The second kappa shape index (κ2) is 6.02. The first-order valence-electron chi connectivity index (χ1n) is 7.66. The van der Waals surface area contributed by atoms with E-state index in [9.17, 15) is 13.2 Å². The Labute approximate surface area is 130 Å². The molecule has 1 aromatic rings. The normalized spacial score (nSPS) is 22.6. The maximum Gasteiger partial charge on any atom is 0.270 e. The molecular formula is C14H22N4O3S. The first kappa shape index (κ1) is 15.5. The van der Waals surface area contributed by atoms with Gasteiger partial charge in [-0.3, -0.25) is 4.79 Å². The lowest BCUT2D eigenvalue weighted by molar-refractivity contribution is 0.0787. The van der Waals surface area contributed by atoms with Gasteiger partial charge in [0.15, 0.2) is 0 Å². The van der Waals surface area contributed by atoms with Crippen LogP contribution in [-0.2, 0) is 10.0 Å². The number of H-pyrrole nitrogens is 1. The molecule has 1 aromatic heterocycles. The van der Waals surface area contributed by atoms with Crippen LogP contribution in [0.2, 0.25) is 0 Å². The molecule has 0 radical (unpaired) electrons. The molecule has 0 aliphatic carbocycles. The number of rotatable bonds is 4. The molecule has 1 atom stereocenters. The van der Waals surface area contributed by atoms with E-state index in [0.29, 0.717) is 12.2 Å². The number of likely N-dealkylation sites (N-methyl/N-ethyl adjacent to an activating group) is 1. The van der Waals surface area contributed by atoms with E-state index in [2.05, 4.69) is 10.3 Å². The number of aromatic nitrogens is 1. The zero-order valence-corrected chi connectivity index (χ0v) is 13.5. The van der Waals surface area contributed by atoms with Crippen molar-refractivity contribution >= 4 is 15.9 Å². The SMILES string of the molecule is CN(C1CCNC1)S(=O)(=O)c1c[nH]c(C(=O)N2CCCC2)c1. The molecule has 2 aliphatic heterocycles. The molecule has 2 N–H and O–H groups in total. The number of nitrogens with zero attached hydrogens (tertiary/aromatic N) is 2. The molecule has 3 heterocycles. The summed E-state index contributed by atoms with van der Waals surface area (Å²) in [6.45, 7) is 2.98. The average molecular weight is 326 g/mol. The summed E-state index contributed by atoms with van der Waals surface area (Å²) in [5.74, 6) is -0.121. The fourth-order valence-corrected chi connectivity index (χ4v) is 4.43. The van der Waals surface area contributed by atoms with Gasteiger partial charge in [-0.25, -0.2) is 8.42 Å². The van der Waals surface area contributed by atoms with Gasteiger partial charge in [-0.1, -0.05) is 0 Å². The van der Waals surface area contributed by atoms with Crippen LogP contribution in [0.5, 0.6) is 0 Å². The average Bonchev–Trinajstić information content (AvgIpc) is 3.27. The molecular weight excluding hydrogens is 304 g/mol. The monoisotopic (exact) mass is 326 g/mol. The number of hydrogen-bond donors (Lipinski definition) is 2. The molecule has 2 aliphatic rings. The standard InChI is InChI=1S/C14H22N4O3S/c1-17(11-4-5-15-9-11)22(20,21)12-8-13(16-10-12)14(19)18-6-2-3-7-18/h8,10-11,15-16H,2-7,9H2,1H3. The Morgan fingerprint density at radius 3 is 2.73 bits per heavy atom. The zero-order valence-electron chi connectivity index (χ0n) is 12.7. The van der Waals surface area contributed by atoms with Crippen LogP contribution in [0.3, 0.4) is 0 Å². The van der Waals surface area contributed by atoms with Crippen molar-refractivity contribution in [3.8, 4) is 0 Å². The molecule has 0 spiro atoms. The fraction of sp³-hybridized carbons (Fsp3) is 0.643. The Hall–Kier alpha value is -1.38. The summed E-state index contributed by atoms with van der Waals surface area (Å²) in [4.78, 5) is 17.0. The van der Waals surface area contributed by atoms with Crippen molar-refractivity contribution in [3.05, 3.63) is 18.0 Å². The van der Waals surface area contributed by atoms with E-state index in [1.54, 1.807) is 11.9 Å². The van der Waals surface area contributed by atoms with Crippen LogP contribution in [0, 0.1) is 0 Å². The number of nitrogens with one attached hydrogen (secondary N) is 2. The highest BCUT2D eigenvalue weighted by Crippen LogP contribution is 2.21. The molecule has 0 aromatic carbocycles. The van der Waals surface area contributed by atoms with Crippen molar-refractivity contribution in [2.75, 3.05) is 33.2 Å². The number of amides is 1. The quantitative estimate of drug-likeness (QED) is 0.830. The lowest BCUT2D eigenvalue weighted by Crippen LogP contribution is -2.38. The number of aromatic amines is 1. The van der Waals surface area contributed by atoms with Gasteiger partial charge in [0.25, 0.3) is 5.91 Å². The maximum absolute atomic E-state index is 12.6. The molecule has 0 bridgehead atoms. The second-order valence-electron chi connectivity index (χ2n) is 5.92. The minimum Gasteiger partial charge on any atom is -0.356 e. The smallest absolute Gasteiger partial charge is 0.270 e. The summed E-state index contributed by atoms with van der Waals surface area (Å²) in [6, 6.07) is 1.42. The van der Waals surface area contributed by atoms with Gasteiger partial charge in [-0.2, -0.15) is 4.31 Å². The second-order valence-corrected chi connectivity index (χ2v) is 7.91. The summed E-state index contributed by atoms with van der Waals surface area (Å²) in [7, 11) is -1.97. The molecule has 0 saturated carbocycles. The Kier molecular flexibility index (Phi) is 4.24. The molecule has 8 heteroatoms. The molecule has 22 heavy (non-hydrogen) atoms. The predicted octanol–water partition coefficient (Wildman–Crippen LogP) is 0.233. The van der Waals surface area contributed by atoms with Crippen LogP contribution in [0.4, 0.5) is 0 Å². The number of sulfonamides is 1. The van der Waals surface area contributed by atoms with E-state index in [1.807, 2.05) is 0 Å². The van der Waals surface area contributed by atoms with Gasteiger partial charge in [-0.15, -0.1) is 0 Å². The lowest BCUT2D eigenvalue weighted by Gasteiger charge is -2.22. The van der Waals surface area contributed by atoms with Crippen molar-refractivity contribution in [2.24, 2.45) is 0 Å². The summed E-state index contributed by atoms with van der Waals surface area (Å²) in [6.07, 6.45) is 4.24. The van der Waals surface area contributed by atoms with E-state index in [4.69, 9.17) is 0 Å². The van der Waals surface area contributed by atoms with E-state index in [1.165, 1.54) is 16.6 Å². The van der Waals surface area contributed by atoms with Crippen LogP contribution in [0.25, 0.3) is 0 Å². The molecule has 2 fully saturated rings. The first-order valence-corrected chi connectivity index (χ1v) is 9.10. The van der Waals surface area contributed by atoms with Crippen LogP contribution in [-0.4, -0.2) is 67.8 Å². The van der Waals surface area contributed by atoms with Crippen molar-refractivity contribution in [1.29, 1.82) is 0 Å². The minimum atomic E-state index is -3.57. The third-order valence-corrected chi connectivity index (χ3v) is 6.39. The van der Waals surface area contributed by atoms with Gasteiger partial charge >= 0.3 is 0 Å². The topological polar surface area (TPSA) is 85.5 Å². The van der Waals surface area contributed by atoms with E-state index in [0.717, 1.165) is 38.9 Å². The van der Waals surface area contributed by atoms with Crippen molar-refractivity contribution in [3.63, 3.8) is 0 Å². The van der Waals surface area contributed by atoms with Gasteiger partial charge in [0.2, 0.25) is 10.0 Å². The molecule has 1 unspecified atom stereocenters. The number of carbonyl (C=O) groups excluding carboxylic acids is 1. The molecule has 7 nitrogen and oxygen atoms in total. The third-order valence-electron chi connectivity index (χ3n) is 4.51. The Morgan fingerprint density at radius 2 is 2.09 bits per heavy atom. The highest BCUT2D eigenvalue weighted by atomic mass is 32.2. The van der Waals surface area contributed by atoms with Gasteiger partial charge < -0.3 is 15.2 Å². The van der Waals surface area contributed by atoms with E-state index < -0.39 is 10.0 Å². The third kappa shape index (κ3) is 2.78. The Bertz CT molecular complexity index is 643. The molecule has 3 rings (SSSR count). The minimum absolute atomic E-state index is 0.0300. The summed E-state index contributed by atoms with van der Waals surface area (Å²) in [5, 5.41) is 3.16. The highest BCUT2D eigenvalue weighted by Gasteiger charge is 2.31. The summed E-state index contributed by atoms with van der Waals surface area (Å²) in [5.41, 5.74) is 0.346. The molecule has 122 valence electrons. The molecule has 2 saturated heterocycles. The fourth-order valence-electron chi connectivity index (χ4n) is 3.05. The number of carbonyl (C=O) groups is 1. The van der Waals surface area contributed by atoms with E-state index >= 15 is 0 Å². The molecule has 1 amide bonds. The Balaban J connectivity index is 1.78. The van der Waals surface area contributed by atoms with Crippen molar-refractivity contribution in [2.45, 2.75) is 30.2 Å². The first-order chi connectivity index (χ1) is 10.5. The van der Waals surface area contributed by atoms with Gasteiger partial charge in [-0.05, 0) is 31.9 Å².